The topological polar surface area (TPSA) is 65.1 Å². The van der Waals surface area contributed by atoms with Gasteiger partial charge in [-0.25, -0.2) is 0 Å². The normalized spacial score (nSPS) is 14.5. The summed E-state index contributed by atoms with van der Waals surface area (Å²) in [6, 6.07) is 10.7. The Morgan fingerprint density at radius 2 is 1.89 bits per heavy atom. The lowest BCUT2D eigenvalue weighted by Crippen LogP contribution is -2.29. The molecule has 0 aromatic heterocycles. The molecule has 1 aliphatic heterocycles. The molecule has 0 unspecified atom stereocenters. The molecule has 0 aliphatic carbocycles. The number of rotatable bonds is 11. The molecule has 10 heteroatoms. The summed E-state index contributed by atoms with van der Waals surface area (Å²) in [7, 11) is 2.93. The molecule has 2 aromatic rings. The van der Waals surface area contributed by atoms with Gasteiger partial charge < -0.3 is 14.2 Å². The monoisotopic (exact) mass is 553 g/mol. The Kier molecular flexibility index (Phi) is 10.3. The fourth-order valence-corrected chi connectivity index (χ4v) is 5.12. The lowest BCUT2D eigenvalue weighted by molar-refractivity contribution is -0.140. The number of hydrogen-bond acceptors (Lipinski definition) is 7. The van der Waals surface area contributed by atoms with Crippen molar-refractivity contribution in [3.8, 4) is 11.5 Å². The Bertz CT molecular complexity index is 1140. The smallest absolute Gasteiger partial charge is 0.305 e. The van der Waals surface area contributed by atoms with Crippen molar-refractivity contribution in [1.29, 1.82) is 0 Å². The zero-order valence-corrected chi connectivity index (χ0v) is 22.5. The molecule has 1 amide bonds. The van der Waals surface area contributed by atoms with Gasteiger partial charge in [0.05, 0.1) is 19.1 Å². The molecule has 2 aromatic carbocycles. The van der Waals surface area contributed by atoms with E-state index in [1.54, 1.807) is 42.4 Å². The van der Waals surface area contributed by atoms with Gasteiger partial charge in [-0.2, -0.15) is 0 Å². The highest BCUT2D eigenvalue weighted by atomic mass is 35.5. The molecule has 0 bridgehead atoms. The number of halogens is 2. The van der Waals surface area contributed by atoms with E-state index < -0.39 is 0 Å². The van der Waals surface area contributed by atoms with Gasteiger partial charge in [-0.1, -0.05) is 65.7 Å². The largest absolute Gasteiger partial charge is 0.493 e. The number of thioether (sulfide) groups is 1. The number of benzene rings is 2. The van der Waals surface area contributed by atoms with Crippen LogP contribution in [0.4, 0.5) is 0 Å². The number of carbonyl (C=O) groups excluding carboxylic acids is 2. The van der Waals surface area contributed by atoms with Gasteiger partial charge in [0.25, 0.3) is 5.91 Å². The van der Waals surface area contributed by atoms with Crippen molar-refractivity contribution >= 4 is 69.5 Å². The quantitative estimate of drug-likeness (QED) is 0.136. The van der Waals surface area contributed by atoms with Crippen LogP contribution in [0.1, 0.15) is 36.8 Å². The minimum absolute atomic E-state index is 0.121. The summed E-state index contributed by atoms with van der Waals surface area (Å²) < 4.78 is 16.6. The number of amides is 1. The van der Waals surface area contributed by atoms with E-state index in [1.165, 1.54) is 18.9 Å². The van der Waals surface area contributed by atoms with Crippen LogP contribution in [0.25, 0.3) is 6.08 Å². The summed E-state index contributed by atoms with van der Waals surface area (Å²) >= 11 is 18.9. The number of nitrogens with zero attached hydrogens (tertiary/aromatic N) is 1. The van der Waals surface area contributed by atoms with E-state index in [0.717, 1.165) is 30.4 Å². The molecule has 1 fully saturated rings. The fourth-order valence-electron chi connectivity index (χ4n) is 3.35. The minimum atomic E-state index is -0.223. The molecule has 0 saturated carbocycles. The first-order valence-corrected chi connectivity index (χ1v) is 12.9. The Hall–Kier alpha value is -2.26. The first kappa shape index (κ1) is 27.3. The standard InChI is InChI=1S/C25H25Cl2NO5S2/c1-31-21-12-16(7-10-20(21)33-15-17-8-9-18(26)14-19(17)27)13-22-24(30)28(25(34)35-22)11-5-3-4-6-23(29)32-2/h7-10,12-14H,3-6,11,15H2,1-2H3/b22-13-. The van der Waals surface area contributed by atoms with Crippen LogP contribution in [0.3, 0.4) is 0 Å². The first-order chi connectivity index (χ1) is 16.8. The van der Waals surface area contributed by atoms with E-state index in [4.69, 9.17) is 44.9 Å². The van der Waals surface area contributed by atoms with Crippen LogP contribution < -0.4 is 9.47 Å². The average molecular weight is 555 g/mol. The van der Waals surface area contributed by atoms with E-state index in [1.807, 2.05) is 12.1 Å². The second-order valence-electron chi connectivity index (χ2n) is 7.65. The Morgan fingerprint density at radius 3 is 2.60 bits per heavy atom. The van der Waals surface area contributed by atoms with Crippen LogP contribution in [0.2, 0.25) is 10.0 Å². The van der Waals surface area contributed by atoms with E-state index in [0.29, 0.717) is 43.7 Å². The zero-order valence-electron chi connectivity index (χ0n) is 19.3. The second-order valence-corrected chi connectivity index (χ2v) is 10.2. The highest BCUT2D eigenvalue weighted by Gasteiger charge is 2.31. The fraction of sp³-hybridized carbons (Fsp3) is 0.320. The Balaban J connectivity index is 1.61. The molecule has 35 heavy (non-hydrogen) atoms. The Morgan fingerprint density at radius 1 is 1.09 bits per heavy atom. The molecule has 0 N–H and O–H groups in total. The van der Waals surface area contributed by atoms with E-state index in [9.17, 15) is 9.59 Å². The summed E-state index contributed by atoms with van der Waals surface area (Å²) in [5.41, 5.74) is 1.59. The van der Waals surface area contributed by atoms with Crippen molar-refractivity contribution in [3.05, 3.63) is 62.5 Å². The van der Waals surface area contributed by atoms with E-state index >= 15 is 0 Å². The van der Waals surface area contributed by atoms with Crippen molar-refractivity contribution in [2.45, 2.75) is 32.3 Å². The highest BCUT2D eigenvalue weighted by Crippen LogP contribution is 2.35. The summed E-state index contributed by atoms with van der Waals surface area (Å²) in [6.07, 6.45) is 4.46. The number of methoxy groups -OCH3 is 2. The predicted octanol–water partition coefficient (Wildman–Crippen LogP) is 6.52. The number of unbranched alkanes of at least 4 members (excludes halogenated alkanes) is 2. The van der Waals surface area contributed by atoms with Gasteiger partial charge in [0.2, 0.25) is 0 Å². The molecule has 0 radical (unpaired) electrons. The van der Waals surface area contributed by atoms with Crippen molar-refractivity contribution < 1.29 is 23.8 Å². The van der Waals surface area contributed by atoms with Gasteiger partial charge in [0.15, 0.2) is 11.5 Å². The summed E-state index contributed by atoms with van der Waals surface area (Å²) in [6.45, 7) is 0.774. The number of ether oxygens (including phenoxy) is 3. The predicted molar refractivity (Wildman–Crippen MR) is 144 cm³/mol. The zero-order chi connectivity index (χ0) is 25.4. The maximum atomic E-state index is 12.9. The first-order valence-electron chi connectivity index (χ1n) is 10.9. The van der Waals surface area contributed by atoms with Crippen molar-refractivity contribution in [2.75, 3.05) is 20.8 Å². The van der Waals surface area contributed by atoms with Gasteiger partial charge >= 0.3 is 5.97 Å². The maximum Gasteiger partial charge on any atom is 0.305 e. The average Bonchev–Trinajstić information content (AvgIpc) is 3.10. The number of carbonyl (C=O) groups is 2. The lowest BCUT2D eigenvalue weighted by atomic mass is 10.1. The highest BCUT2D eigenvalue weighted by molar-refractivity contribution is 8.26. The maximum absolute atomic E-state index is 12.9. The van der Waals surface area contributed by atoms with Crippen LogP contribution >= 0.6 is 47.2 Å². The number of thiocarbonyl (C=S) groups is 1. The van der Waals surface area contributed by atoms with Gasteiger partial charge in [0, 0.05) is 28.6 Å². The van der Waals surface area contributed by atoms with Gasteiger partial charge in [-0.05, 0) is 48.7 Å². The third kappa shape index (κ3) is 7.61. The van der Waals surface area contributed by atoms with Gasteiger partial charge in [0.1, 0.15) is 10.9 Å². The second kappa shape index (κ2) is 13.2. The molecule has 186 valence electrons. The van der Waals surface area contributed by atoms with E-state index in [-0.39, 0.29) is 18.5 Å². The molecule has 3 rings (SSSR count). The Labute approximate surface area is 224 Å². The molecule has 0 spiro atoms. The number of esters is 1. The number of hydrogen-bond donors (Lipinski definition) is 0. The molecule has 0 atom stereocenters. The van der Waals surface area contributed by atoms with Gasteiger partial charge in [-0.15, -0.1) is 0 Å². The van der Waals surface area contributed by atoms with Gasteiger partial charge in [-0.3, -0.25) is 14.5 Å². The minimum Gasteiger partial charge on any atom is -0.493 e. The summed E-state index contributed by atoms with van der Waals surface area (Å²) in [5.74, 6) is 0.740. The molecular weight excluding hydrogens is 529 g/mol. The summed E-state index contributed by atoms with van der Waals surface area (Å²) in [4.78, 5) is 26.2. The van der Waals surface area contributed by atoms with Crippen molar-refractivity contribution in [2.24, 2.45) is 0 Å². The molecule has 6 nitrogen and oxygen atoms in total. The SMILES string of the molecule is COC(=O)CCCCCN1C(=O)/C(=C/c2ccc(OCc3ccc(Cl)cc3Cl)c(OC)c2)SC1=S. The van der Waals surface area contributed by atoms with Crippen LogP contribution in [0.5, 0.6) is 11.5 Å². The molecule has 1 aliphatic rings. The van der Waals surface area contributed by atoms with Crippen molar-refractivity contribution in [1.82, 2.24) is 4.90 Å². The van der Waals surface area contributed by atoms with Crippen LogP contribution in [0, 0.1) is 0 Å². The van der Waals surface area contributed by atoms with Crippen molar-refractivity contribution in [3.63, 3.8) is 0 Å². The molecule has 1 saturated heterocycles. The van der Waals surface area contributed by atoms with Crippen LogP contribution in [0.15, 0.2) is 41.3 Å². The van der Waals surface area contributed by atoms with E-state index in [2.05, 4.69) is 4.74 Å². The third-order valence-corrected chi connectivity index (χ3v) is 7.21. The van der Waals surface area contributed by atoms with Crippen LogP contribution in [-0.2, 0) is 20.9 Å². The molecular formula is C25H25Cl2NO5S2. The lowest BCUT2D eigenvalue weighted by Gasteiger charge is -2.14. The third-order valence-electron chi connectivity index (χ3n) is 5.25. The van der Waals surface area contributed by atoms with Crippen LogP contribution in [-0.4, -0.2) is 41.9 Å². The summed E-state index contributed by atoms with van der Waals surface area (Å²) in [5, 5.41) is 1.09. The molecule has 1 heterocycles.